The lowest BCUT2D eigenvalue weighted by Gasteiger charge is -2.47. The highest BCUT2D eigenvalue weighted by molar-refractivity contribution is 5.72. The zero-order valence-corrected chi connectivity index (χ0v) is 23.5. The van der Waals surface area contributed by atoms with Gasteiger partial charge >= 0.3 is 5.97 Å². The molecule has 2 saturated carbocycles. The molecule has 5 aliphatic rings. The summed E-state index contributed by atoms with van der Waals surface area (Å²) in [5.74, 6) is -2.34. The Kier molecular flexibility index (Phi) is 9.49. The fraction of sp³-hybridized carbons (Fsp3) is 0.893. The van der Waals surface area contributed by atoms with E-state index in [1.807, 2.05) is 6.92 Å². The van der Waals surface area contributed by atoms with Crippen LogP contribution in [0.3, 0.4) is 0 Å². The van der Waals surface area contributed by atoms with Crippen LogP contribution >= 0.6 is 0 Å². The Bertz CT molecular complexity index is 953. The third-order valence-electron chi connectivity index (χ3n) is 9.43. The molecule has 3 heterocycles. The quantitative estimate of drug-likeness (QED) is 0.249. The molecule has 0 radical (unpaired) electrons. The van der Waals surface area contributed by atoms with E-state index in [0.717, 1.165) is 32.1 Å². The summed E-state index contributed by atoms with van der Waals surface area (Å²) in [6.45, 7) is 3.34. The molecule has 0 amide bonds. The highest BCUT2D eigenvalue weighted by Gasteiger charge is 2.54. The Labute approximate surface area is 238 Å². The summed E-state index contributed by atoms with van der Waals surface area (Å²) in [7, 11) is 0. The third-order valence-corrected chi connectivity index (χ3v) is 9.43. The average molecular weight is 589 g/mol. The first-order valence-corrected chi connectivity index (χ1v) is 14.8. The van der Waals surface area contributed by atoms with Crippen molar-refractivity contribution in [3.8, 4) is 0 Å². The lowest BCUT2D eigenvalue weighted by Crippen LogP contribution is -2.63. The standard InChI is InChI=1S/C28H44O13/c1-3-14-5-4-6-15(22(14)41-26-21(33)20(32)18(30)13(2)37-26)39-27-24-23(19(31)17(11-29)40-27)38-16(25(34)35)7-8-28(9-10-28)12-36-24/h13-19,22-24,26-27,29-33H,3-12H2,1-2H3,(H,34,35)/t13?,14?,15-,16-,17+,18-,19+,22?,23?,24?,26+,27-/m1/s1. The molecule has 12 atom stereocenters. The summed E-state index contributed by atoms with van der Waals surface area (Å²) in [5.41, 5.74) is -0.148. The molecule has 234 valence electrons. The van der Waals surface area contributed by atoms with Gasteiger partial charge in [0.2, 0.25) is 6.29 Å². The predicted molar refractivity (Wildman–Crippen MR) is 139 cm³/mol. The smallest absolute Gasteiger partial charge is 0.332 e. The van der Waals surface area contributed by atoms with Crippen LogP contribution < -0.4 is 0 Å². The molecular weight excluding hydrogens is 544 g/mol. The van der Waals surface area contributed by atoms with Crippen molar-refractivity contribution >= 4 is 5.97 Å². The highest BCUT2D eigenvalue weighted by atomic mass is 16.7. The van der Waals surface area contributed by atoms with Crippen LogP contribution in [-0.4, -0.2) is 117 Å². The molecule has 3 aliphatic heterocycles. The number of aliphatic hydroxyl groups excluding tert-OH is 5. The van der Waals surface area contributed by atoms with E-state index in [2.05, 4.69) is 0 Å². The molecule has 6 N–H and O–H groups in total. The van der Waals surface area contributed by atoms with Crippen molar-refractivity contribution in [2.45, 2.75) is 133 Å². The van der Waals surface area contributed by atoms with Crippen molar-refractivity contribution in [2.24, 2.45) is 11.3 Å². The summed E-state index contributed by atoms with van der Waals surface area (Å²) in [4.78, 5) is 12.0. The number of carboxylic acid groups (broad SMARTS) is 1. The molecule has 41 heavy (non-hydrogen) atoms. The number of carboxylic acids is 1. The average Bonchev–Trinajstić information content (AvgIpc) is 3.71. The first-order valence-electron chi connectivity index (χ1n) is 14.8. The van der Waals surface area contributed by atoms with Gasteiger partial charge in [-0.25, -0.2) is 4.79 Å². The van der Waals surface area contributed by atoms with Gasteiger partial charge in [-0.2, -0.15) is 0 Å². The van der Waals surface area contributed by atoms with E-state index >= 15 is 0 Å². The molecule has 4 fully saturated rings. The summed E-state index contributed by atoms with van der Waals surface area (Å²) in [6, 6.07) is 0. The lowest BCUT2D eigenvalue weighted by molar-refractivity contribution is -0.342. The van der Waals surface area contributed by atoms with Gasteiger partial charge in [0.25, 0.3) is 0 Å². The third kappa shape index (κ3) is 6.38. The topological polar surface area (TPSA) is 194 Å². The van der Waals surface area contributed by atoms with Crippen molar-refractivity contribution in [3.05, 3.63) is 11.5 Å². The minimum Gasteiger partial charge on any atom is -0.506 e. The van der Waals surface area contributed by atoms with Crippen LogP contribution in [0.2, 0.25) is 0 Å². The SMILES string of the molecule is CCC1CCC[C@@H](O[C@@H]2O[C@@H](CO)[C@H](O)C3O[C@@H](C(=O)O)CCC4(CC4)COC32)C1O[C@@H]1OC(C)[C@@H](O)C(O)=C1O. The molecule has 13 nitrogen and oxygen atoms in total. The van der Waals surface area contributed by atoms with Gasteiger partial charge in [0.15, 0.2) is 23.9 Å². The Morgan fingerprint density at radius 2 is 1.76 bits per heavy atom. The fourth-order valence-electron chi connectivity index (χ4n) is 6.51. The highest BCUT2D eigenvalue weighted by Crippen LogP contribution is 2.51. The van der Waals surface area contributed by atoms with Gasteiger partial charge in [0.05, 0.1) is 31.5 Å². The maximum absolute atomic E-state index is 12.0. The lowest BCUT2D eigenvalue weighted by atomic mass is 9.82. The molecule has 5 rings (SSSR count). The normalized spacial score (nSPS) is 44.9. The number of carbonyl (C=O) groups is 1. The number of rotatable bonds is 7. The monoisotopic (exact) mass is 588 g/mol. The maximum atomic E-state index is 12.0. The van der Waals surface area contributed by atoms with E-state index in [1.54, 1.807) is 6.92 Å². The van der Waals surface area contributed by atoms with Crippen LogP contribution in [0, 0.1) is 11.3 Å². The van der Waals surface area contributed by atoms with Crippen LogP contribution in [0.4, 0.5) is 0 Å². The van der Waals surface area contributed by atoms with Gasteiger partial charge in [-0.3, -0.25) is 0 Å². The first-order chi connectivity index (χ1) is 19.6. The molecular formula is C28H44O13. The van der Waals surface area contributed by atoms with Crippen LogP contribution in [0.5, 0.6) is 0 Å². The molecule has 13 heteroatoms. The van der Waals surface area contributed by atoms with Gasteiger partial charge in [-0.15, -0.1) is 0 Å². The number of aliphatic hydroxyl groups is 5. The Morgan fingerprint density at radius 1 is 1.00 bits per heavy atom. The number of ether oxygens (including phenoxy) is 6. The van der Waals surface area contributed by atoms with Crippen molar-refractivity contribution in [1.29, 1.82) is 0 Å². The van der Waals surface area contributed by atoms with Gasteiger partial charge in [-0.05, 0) is 56.8 Å². The van der Waals surface area contributed by atoms with Gasteiger partial charge in [0, 0.05) is 0 Å². The number of fused-ring (bicyclic) bond motifs is 1. The van der Waals surface area contributed by atoms with E-state index < -0.39 is 91.6 Å². The molecule has 2 aliphatic carbocycles. The van der Waals surface area contributed by atoms with Crippen molar-refractivity contribution in [3.63, 3.8) is 0 Å². The molecule has 0 aromatic rings. The van der Waals surface area contributed by atoms with Gasteiger partial charge in [-0.1, -0.05) is 19.8 Å². The zero-order valence-electron chi connectivity index (χ0n) is 23.5. The fourth-order valence-corrected chi connectivity index (χ4v) is 6.51. The van der Waals surface area contributed by atoms with E-state index in [-0.39, 0.29) is 17.8 Å². The zero-order chi connectivity index (χ0) is 29.5. The van der Waals surface area contributed by atoms with Crippen LogP contribution in [0.1, 0.15) is 65.2 Å². The molecule has 5 unspecified atom stereocenters. The predicted octanol–water partition coefficient (Wildman–Crippen LogP) is 1.28. The van der Waals surface area contributed by atoms with Gasteiger partial charge < -0.3 is 59.1 Å². The number of hydrogen-bond acceptors (Lipinski definition) is 12. The Morgan fingerprint density at radius 3 is 2.41 bits per heavy atom. The molecule has 2 saturated heterocycles. The summed E-state index contributed by atoms with van der Waals surface area (Å²) in [5, 5.41) is 61.6. The minimum atomic E-state index is -1.38. The molecule has 0 aromatic heterocycles. The summed E-state index contributed by atoms with van der Waals surface area (Å²) >= 11 is 0. The van der Waals surface area contributed by atoms with E-state index in [1.165, 1.54) is 0 Å². The maximum Gasteiger partial charge on any atom is 0.332 e. The number of hydrogen-bond donors (Lipinski definition) is 6. The van der Waals surface area contributed by atoms with E-state index in [0.29, 0.717) is 19.4 Å². The van der Waals surface area contributed by atoms with E-state index in [9.17, 15) is 35.4 Å². The first kappa shape index (κ1) is 30.9. The van der Waals surface area contributed by atoms with Crippen molar-refractivity contribution in [2.75, 3.05) is 13.2 Å². The minimum absolute atomic E-state index is 0.00288. The van der Waals surface area contributed by atoms with Crippen molar-refractivity contribution < 1.29 is 63.9 Å². The second-order valence-electron chi connectivity index (χ2n) is 12.2. The Balaban J connectivity index is 1.40. The van der Waals surface area contributed by atoms with Crippen LogP contribution in [0.15, 0.2) is 11.5 Å². The molecule has 0 bridgehead atoms. The summed E-state index contributed by atoms with van der Waals surface area (Å²) < 4.78 is 36.7. The second kappa shape index (κ2) is 12.6. The number of aliphatic carboxylic acids is 1. The van der Waals surface area contributed by atoms with Crippen LogP contribution in [-0.2, 0) is 33.2 Å². The largest absolute Gasteiger partial charge is 0.506 e. The van der Waals surface area contributed by atoms with Gasteiger partial charge in [0.1, 0.15) is 30.5 Å². The molecule has 1 spiro atoms. The van der Waals surface area contributed by atoms with Crippen LogP contribution in [0.25, 0.3) is 0 Å². The summed E-state index contributed by atoms with van der Waals surface area (Å²) in [6.07, 6.45) is -5.98. The Hall–Kier alpha value is -1.55. The molecule has 0 aromatic carbocycles. The van der Waals surface area contributed by atoms with Crippen molar-refractivity contribution in [1.82, 2.24) is 0 Å². The van der Waals surface area contributed by atoms with E-state index in [4.69, 9.17) is 28.4 Å². The second-order valence-corrected chi connectivity index (χ2v) is 12.2.